The van der Waals surface area contributed by atoms with Crippen LogP contribution in [0, 0.1) is 13.8 Å². The van der Waals surface area contributed by atoms with Gasteiger partial charge in [0, 0.05) is 29.3 Å². The van der Waals surface area contributed by atoms with Gasteiger partial charge >= 0.3 is 0 Å². The Hall–Kier alpha value is -3.74. The third-order valence-electron chi connectivity index (χ3n) is 5.08. The maximum absolute atomic E-state index is 5.28. The van der Waals surface area contributed by atoms with Gasteiger partial charge in [-0.05, 0) is 55.8 Å². The minimum absolute atomic E-state index is 0.636. The van der Waals surface area contributed by atoms with Gasteiger partial charge in [-0.2, -0.15) is 0 Å². The van der Waals surface area contributed by atoms with E-state index < -0.39 is 0 Å². The zero-order valence-corrected chi connectivity index (χ0v) is 15.8. The molecule has 0 aliphatic heterocycles. The molecule has 1 aromatic carbocycles. The molecular formula is C21H18N6O. The highest BCUT2D eigenvalue weighted by Crippen LogP contribution is 2.31. The Balaban J connectivity index is 1.76. The molecule has 5 aromatic rings. The fourth-order valence-corrected chi connectivity index (χ4v) is 3.53. The maximum Gasteiger partial charge on any atom is 0.183 e. The molecule has 138 valence electrons. The molecule has 0 unspecified atom stereocenters. The van der Waals surface area contributed by atoms with Crippen molar-refractivity contribution in [1.82, 2.24) is 29.1 Å². The number of hydrogen-bond donors (Lipinski definition) is 0. The molecule has 0 bridgehead atoms. The fourth-order valence-electron chi connectivity index (χ4n) is 3.53. The lowest BCUT2D eigenvalue weighted by atomic mass is 10.2. The van der Waals surface area contributed by atoms with E-state index in [1.807, 2.05) is 36.4 Å². The Morgan fingerprint density at radius 1 is 1.00 bits per heavy atom. The summed E-state index contributed by atoms with van der Waals surface area (Å²) in [5.74, 6) is 1.46. The molecule has 0 fully saturated rings. The van der Waals surface area contributed by atoms with E-state index in [1.165, 1.54) is 0 Å². The summed E-state index contributed by atoms with van der Waals surface area (Å²) < 4.78 is 9.15. The molecule has 0 N–H and O–H groups in total. The molecule has 0 radical (unpaired) electrons. The molecular weight excluding hydrogens is 352 g/mol. The lowest BCUT2D eigenvalue weighted by Gasteiger charge is -2.08. The Bertz CT molecular complexity index is 1300. The summed E-state index contributed by atoms with van der Waals surface area (Å²) in [4.78, 5) is 13.6. The average molecular weight is 370 g/mol. The third-order valence-corrected chi connectivity index (χ3v) is 5.08. The smallest absolute Gasteiger partial charge is 0.183 e. The zero-order chi connectivity index (χ0) is 19.3. The third kappa shape index (κ3) is 2.36. The molecule has 0 aliphatic rings. The van der Waals surface area contributed by atoms with Crippen LogP contribution in [-0.2, 0) is 0 Å². The summed E-state index contributed by atoms with van der Waals surface area (Å²) >= 11 is 0. The number of fused-ring (bicyclic) bond motifs is 3. The van der Waals surface area contributed by atoms with E-state index in [1.54, 1.807) is 30.3 Å². The second-order valence-electron chi connectivity index (χ2n) is 6.63. The van der Waals surface area contributed by atoms with Crippen molar-refractivity contribution in [1.29, 1.82) is 0 Å². The van der Waals surface area contributed by atoms with Crippen LogP contribution < -0.4 is 4.74 Å². The van der Waals surface area contributed by atoms with E-state index in [0.717, 1.165) is 44.9 Å². The van der Waals surface area contributed by atoms with Crippen LogP contribution in [0.5, 0.6) is 5.75 Å². The van der Waals surface area contributed by atoms with Gasteiger partial charge in [0.1, 0.15) is 12.1 Å². The molecule has 7 heteroatoms. The zero-order valence-electron chi connectivity index (χ0n) is 15.8. The van der Waals surface area contributed by atoms with Gasteiger partial charge in [-0.15, -0.1) is 5.10 Å². The van der Waals surface area contributed by atoms with Crippen molar-refractivity contribution in [3.63, 3.8) is 0 Å². The predicted octanol–water partition coefficient (Wildman–Crippen LogP) is 3.76. The number of pyridine rings is 1. The fraction of sp³-hybridized carbons (Fsp3) is 0.143. The molecule has 0 saturated heterocycles. The summed E-state index contributed by atoms with van der Waals surface area (Å²) in [6, 6.07) is 11.8. The second kappa shape index (κ2) is 6.16. The molecule has 0 aliphatic carbocycles. The minimum atomic E-state index is 0.636. The highest BCUT2D eigenvalue weighted by Gasteiger charge is 2.19. The lowest BCUT2D eigenvalue weighted by Crippen LogP contribution is -1.99. The van der Waals surface area contributed by atoms with E-state index in [2.05, 4.69) is 28.5 Å². The number of benzene rings is 1. The van der Waals surface area contributed by atoms with E-state index in [4.69, 9.17) is 14.7 Å². The molecule has 0 atom stereocenters. The van der Waals surface area contributed by atoms with Crippen LogP contribution in [0.2, 0.25) is 0 Å². The van der Waals surface area contributed by atoms with Crippen molar-refractivity contribution < 1.29 is 4.74 Å². The maximum atomic E-state index is 5.28. The van der Waals surface area contributed by atoms with Crippen LogP contribution in [0.15, 0.2) is 55.1 Å². The van der Waals surface area contributed by atoms with Crippen LogP contribution in [0.1, 0.15) is 11.3 Å². The first-order valence-electron chi connectivity index (χ1n) is 8.95. The predicted molar refractivity (Wildman–Crippen MR) is 107 cm³/mol. The standard InChI is InChI=1S/C21H18N6O/c1-13-14(2)27(16-6-8-17(28-3)9-7-16)20-18(13)21-24-19(25-26(21)12-23-20)15-5-4-10-22-11-15/h4-12H,1-3H3. The van der Waals surface area contributed by atoms with E-state index in [0.29, 0.717) is 5.82 Å². The van der Waals surface area contributed by atoms with Gasteiger partial charge in [0.15, 0.2) is 17.1 Å². The number of aromatic nitrogens is 6. The van der Waals surface area contributed by atoms with Gasteiger partial charge in [-0.25, -0.2) is 14.5 Å². The van der Waals surface area contributed by atoms with Gasteiger partial charge in [0.25, 0.3) is 0 Å². The number of methoxy groups -OCH3 is 1. The van der Waals surface area contributed by atoms with Gasteiger partial charge in [0.05, 0.1) is 12.5 Å². The Kier molecular flexibility index (Phi) is 3.61. The second-order valence-corrected chi connectivity index (χ2v) is 6.63. The SMILES string of the molecule is COc1ccc(-n2c(C)c(C)c3c2ncn2nc(-c4cccnc4)nc32)cc1. The van der Waals surface area contributed by atoms with Crippen LogP contribution in [0.4, 0.5) is 0 Å². The van der Waals surface area contributed by atoms with Gasteiger partial charge in [0.2, 0.25) is 0 Å². The lowest BCUT2D eigenvalue weighted by molar-refractivity contribution is 0.415. The van der Waals surface area contributed by atoms with Crippen LogP contribution in [-0.4, -0.2) is 36.2 Å². The molecule has 0 saturated carbocycles. The number of nitrogens with zero attached hydrogens (tertiary/aromatic N) is 6. The van der Waals surface area contributed by atoms with Gasteiger partial charge in [-0.1, -0.05) is 0 Å². The molecule has 4 heterocycles. The van der Waals surface area contributed by atoms with Crippen molar-refractivity contribution in [2.24, 2.45) is 0 Å². The summed E-state index contributed by atoms with van der Waals surface area (Å²) in [6.07, 6.45) is 5.21. The van der Waals surface area contributed by atoms with Gasteiger partial charge < -0.3 is 4.74 Å². The highest BCUT2D eigenvalue weighted by molar-refractivity contribution is 5.95. The van der Waals surface area contributed by atoms with Crippen LogP contribution in [0.3, 0.4) is 0 Å². The summed E-state index contributed by atoms with van der Waals surface area (Å²) in [6.45, 7) is 4.19. The molecule has 0 amide bonds. The quantitative estimate of drug-likeness (QED) is 0.484. The average Bonchev–Trinajstić information content (AvgIpc) is 3.28. The highest BCUT2D eigenvalue weighted by atomic mass is 16.5. The number of hydrogen-bond acceptors (Lipinski definition) is 5. The van der Waals surface area contributed by atoms with E-state index in [-0.39, 0.29) is 0 Å². The monoisotopic (exact) mass is 370 g/mol. The first kappa shape index (κ1) is 16.4. The van der Waals surface area contributed by atoms with Crippen molar-refractivity contribution in [3.05, 3.63) is 66.4 Å². The first-order chi connectivity index (χ1) is 13.7. The van der Waals surface area contributed by atoms with Crippen molar-refractivity contribution in [2.45, 2.75) is 13.8 Å². The molecule has 28 heavy (non-hydrogen) atoms. The van der Waals surface area contributed by atoms with Crippen molar-refractivity contribution in [2.75, 3.05) is 7.11 Å². The Labute approximate surface area is 161 Å². The van der Waals surface area contributed by atoms with Gasteiger partial charge in [-0.3, -0.25) is 9.55 Å². The summed E-state index contributed by atoms with van der Waals surface area (Å²) in [7, 11) is 1.67. The number of rotatable bonds is 3. The minimum Gasteiger partial charge on any atom is -0.497 e. The van der Waals surface area contributed by atoms with Crippen LogP contribution in [0.25, 0.3) is 33.8 Å². The normalized spacial score (nSPS) is 11.4. The molecule has 0 spiro atoms. The van der Waals surface area contributed by atoms with E-state index in [9.17, 15) is 0 Å². The molecule has 4 aromatic heterocycles. The number of aryl methyl sites for hydroxylation is 1. The molecule has 5 rings (SSSR count). The van der Waals surface area contributed by atoms with Crippen LogP contribution >= 0.6 is 0 Å². The Morgan fingerprint density at radius 3 is 2.54 bits per heavy atom. The van der Waals surface area contributed by atoms with E-state index >= 15 is 0 Å². The first-order valence-corrected chi connectivity index (χ1v) is 8.95. The number of ether oxygens (including phenoxy) is 1. The largest absolute Gasteiger partial charge is 0.497 e. The topological polar surface area (TPSA) is 70.1 Å². The summed E-state index contributed by atoms with van der Waals surface area (Å²) in [5, 5.41) is 5.58. The Morgan fingerprint density at radius 2 is 1.82 bits per heavy atom. The van der Waals surface area contributed by atoms with Crippen molar-refractivity contribution >= 4 is 16.7 Å². The van der Waals surface area contributed by atoms with Crippen molar-refractivity contribution in [3.8, 4) is 22.8 Å². The molecule has 7 nitrogen and oxygen atoms in total. The summed E-state index contributed by atoms with van der Waals surface area (Å²) in [5.41, 5.74) is 5.80.